The summed E-state index contributed by atoms with van der Waals surface area (Å²) in [5.41, 5.74) is 1.04. The van der Waals surface area contributed by atoms with Gasteiger partial charge in [-0.05, 0) is 41.8 Å². The topological polar surface area (TPSA) is 89.0 Å². The minimum Gasteiger partial charge on any atom is -0.497 e. The van der Waals surface area contributed by atoms with Crippen molar-refractivity contribution in [2.75, 3.05) is 35.5 Å². The molecule has 0 aliphatic rings. The van der Waals surface area contributed by atoms with Crippen molar-refractivity contribution in [1.29, 1.82) is 0 Å². The lowest BCUT2D eigenvalue weighted by Crippen LogP contribution is -2.44. The Morgan fingerprint density at radius 2 is 1.26 bits per heavy atom. The standard InChI is InChI=1S/C26H30N2O6S/c1-7-26(17-8-12-19(30-2)13-9-17,18-10-14-20(31-3)15-11-18)23(24(29)34-6)35-25-27-21(32-4)16-22(28-25)33-5/h8-16,23H,7H2,1-6H3. The Morgan fingerprint density at radius 3 is 1.60 bits per heavy atom. The molecule has 1 unspecified atom stereocenters. The van der Waals surface area contributed by atoms with Gasteiger partial charge in [0, 0.05) is 5.41 Å². The SMILES string of the molecule is CCC(c1ccc(OC)cc1)(c1ccc(OC)cc1)C(Sc1nc(OC)cc(OC)n1)C(=O)OC. The number of thioether (sulfide) groups is 1. The van der Waals surface area contributed by atoms with Crippen LogP contribution in [0.15, 0.2) is 59.8 Å². The van der Waals surface area contributed by atoms with E-state index in [-0.39, 0.29) is 0 Å². The fourth-order valence-corrected chi connectivity index (χ4v) is 5.38. The van der Waals surface area contributed by atoms with Crippen LogP contribution >= 0.6 is 11.8 Å². The second-order valence-corrected chi connectivity index (χ2v) is 8.61. The molecule has 1 heterocycles. The number of hydrogen-bond acceptors (Lipinski definition) is 9. The van der Waals surface area contributed by atoms with E-state index in [1.165, 1.54) is 33.1 Å². The highest BCUT2D eigenvalue weighted by molar-refractivity contribution is 8.00. The first-order valence-electron chi connectivity index (χ1n) is 11.0. The Balaban J connectivity index is 2.24. The highest BCUT2D eigenvalue weighted by Crippen LogP contribution is 2.47. The van der Waals surface area contributed by atoms with Crippen molar-refractivity contribution in [2.24, 2.45) is 0 Å². The van der Waals surface area contributed by atoms with Crippen molar-refractivity contribution in [3.05, 3.63) is 65.7 Å². The van der Waals surface area contributed by atoms with E-state index >= 15 is 0 Å². The Labute approximate surface area is 209 Å². The molecule has 8 nitrogen and oxygen atoms in total. The molecule has 0 aliphatic heterocycles. The van der Waals surface area contributed by atoms with Crippen LogP contribution in [0.3, 0.4) is 0 Å². The molecule has 3 aromatic rings. The molecule has 35 heavy (non-hydrogen) atoms. The van der Waals surface area contributed by atoms with Crippen LogP contribution in [-0.2, 0) is 14.9 Å². The molecule has 0 spiro atoms. The van der Waals surface area contributed by atoms with Gasteiger partial charge in [0.2, 0.25) is 11.8 Å². The normalized spacial score (nSPS) is 11.9. The van der Waals surface area contributed by atoms with Crippen LogP contribution in [0.25, 0.3) is 0 Å². The quantitative estimate of drug-likeness (QED) is 0.215. The van der Waals surface area contributed by atoms with Crippen LogP contribution in [0, 0.1) is 0 Å². The molecule has 0 radical (unpaired) electrons. The predicted octanol–water partition coefficient (Wildman–Crippen LogP) is 4.54. The van der Waals surface area contributed by atoms with Gasteiger partial charge in [0.1, 0.15) is 16.7 Å². The van der Waals surface area contributed by atoms with Gasteiger partial charge in [-0.25, -0.2) is 0 Å². The van der Waals surface area contributed by atoms with E-state index in [0.717, 1.165) is 22.6 Å². The molecular weight excluding hydrogens is 468 g/mol. The minimum atomic E-state index is -0.796. The lowest BCUT2D eigenvalue weighted by molar-refractivity contribution is -0.141. The molecule has 0 amide bonds. The lowest BCUT2D eigenvalue weighted by atomic mass is 9.69. The largest absolute Gasteiger partial charge is 0.497 e. The van der Waals surface area contributed by atoms with Crippen LogP contribution in [0.5, 0.6) is 23.3 Å². The predicted molar refractivity (Wildman–Crippen MR) is 134 cm³/mol. The Bertz CT molecular complexity index is 1050. The van der Waals surface area contributed by atoms with Crippen LogP contribution < -0.4 is 18.9 Å². The Hall–Kier alpha value is -3.46. The number of hydrogen-bond donors (Lipinski definition) is 0. The molecule has 186 valence electrons. The van der Waals surface area contributed by atoms with Gasteiger partial charge >= 0.3 is 5.97 Å². The number of methoxy groups -OCH3 is 5. The molecule has 0 aliphatic carbocycles. The number of nitrogens with zero attached hydrogens (tertiary/aromatic N) is 2. The van der Waals surface area contributed by atoms with Crippen molar-refractivity contribution >= 4 is 17.7 Å². The minimum absolute atomic E-state index is 0.330. The van der Waals surface area contributed by atoms with Crippen molar-refractivity contribution in [3.8, 4) is 23.3 Å². The summed E-state index contributed by atoms with van der Waals surface area (Å²) in [5.74, 6) is 1.69. The summed E-state index contributed by atoms with van der Waals surface area (Å²) in [6, 6.07) is 17.0. The number of benzene rings is 2. The number of carbonyl (C=O) groups is 1. The number of aromatic nitrogens is 2. The summed E-state index contributed by atoms with van der Waals surface area (Å²) in [5, 5.41) is -0.410. The molecule has 0 bridgehead atoms. The van der Waals surface area contributed by atoms with Gasteiger partial charge in [-0.2, -0.15) is 9.97 Å². The number of rotatable bonds is 11. The van der Waals surface area contributed by atoms with Gasteiger partial charge in [-0.1, -0.05) is 43.0 Å². The van der Waals surface area contributed by atoms with Gasteiger partial charge < -0.3 is 23.7 Å². The van der Waals surface area contributed by atoms with Gasteiger partial charge in [0.25, 0.3) is 0 Å². The molecule has 1 atom stereocenters. The van der Waals surface area contributed by atoms with Gasteiger partial charge in [-0.15, -0.1) is 0 Å². The average molecular weight is 499 g/mol. The fraction of sp³-hybridized carbons (Fsp3) is 0.346. The van der Waals surface area contributed by atoms with Crippen molar-refractivity contribution in [3.63, 3.8) is 0 Å². The van der Waals surface area contributed by atoms with Crippen molar-refractivity contribution in [1.82, 2.24) is 9.97 Å². The van der Waals surface area contributed by atoms with Crippen molar-refractivity contribution in [2.45, 2.75) is 29.2 Å². The smallest absolute Gasteiger partial charge is 0.320 e. The first-order valence-corrected chi connectivity index (χ1v) is 11.8. The number of ether oxygens (including phenoxy) is 5. The van der Waals surface area contributed by atoms with Gasteiger partial charge in [0.15, 0.2) is 5.16 Å². The third-order valence-electron chi connectivity index (χ3n) is 5.93. The third kappa shape index (κ3) is 5.45. The first-order chi connectivity index (χ1) is 16.9. The van der Waals surface area contributed by atoms with E-state index in [2.05, 4.69) is 9.97 Å². The molecule has 0 N–H and O–H groups in total. The maximum Gasteiger partial charge on any atom is 0.320 e. The Kier molecular flexibility index (Phi) is 8.81. The molecule has 0 fully saturated rings. The monoisotopic (exact) mass is 498 g/mol. The highest BCUT2D eigenvalue weighted by atomic mass is 32.2. The van der Waals surface area contributed by atoms with Crippen molar-refractivity contribution < 1.29 is 28.5 Å². The lowest BCUT2D eigenvalue weighted by Gasteiger charge is -2.39. The molecule has 3 rings (SSSR count). The maximum atomic E-state index is 13.4. The molecule has 0 saturated carbocycles. The number of esters is 1. The van der Waals surface area contributed by atoms with Crippen LogP contribution in [-0.4, -0.2) is 56.7 Å². The van der Waals surface area contributed by atoms with E-state index in [1.807, 2.05) is 55.5 Å². The average Bonchev–Trinajstić information content (AvgIpc) is 2.92. The zero-order valence-corrected chi connectivity index (χ0v) is 21.5. The zero-order valence-electron chi connectivity index (χ0n) is 20.7. The van der Waals surface area contributed by atoms with E-state index in [1.54, 1.807) is 20.3 Å². The van der Waals surface area contributed by atoms with Crippen LogP contribution in [0.4, 0.5) is 0 Å². The molecule has 1 aromatic heterocycles. The summed E-state index contributed by atoms with van der Waals surface area (Å²) in [4.78, 5) is 22.3. The van der Waals surface area contributed by atoms with Gasteiger partial charge in [-0.3, -0.25) is 4.79 Å². The van der Waals surface area contributed by atoms with E-state index in [0.29, 0.717) is 23.3 Å². The zero-order chi connectivity index (χ0) is 25.4. The maximum absolute atomic E-state index is 13.4. The summed E-state index contributed by atoms with van der Waals surface area (Å²) in [7, 11) is 7.64. The second kappa shape index (κ2) is 11.8. The molecular formula is C26H30N2O6S. The summed E-state index contributed by atoms with van der Waals surface area (Å²) in [6.45, 7) is 2.04. The molecule has 9 heteroatoms. The fourth-order valence-electron chi connectivity index (χ4n) is 4.05. The second-order valence-electron chi connectivity index (χ2n) is 7.54. The summed E-state index contributed by atoms with van der Waals surface area (Å²) in [6.07, 6.45) is 0.583. The van der Waals surface area contributed by atoms with Crippen LogP contribution in [0.1, 0.15) is 24.5 Å². The molecule has 2 aromatic carbocycles. The molecule has 0 saturated heterocycles. The summed E-state index contributed by atoms with van der Waals surface area (Å²) >= 11 is 1.20. The van der Waals surface area contributed by atoms with E-state index in [4.69, 9.17) is 23.7 Å². The van der Waals surface area contributed by atoms with E-state index in [9.17, 15) is 4.79 Å². The van der Waals surface area contributed by atoms with Gasteiger partial charge in [0.05, 0.1) is 41.6 Å². The highest BCUT2D eigenvalue weighted by Gasteiger charge is 2.47. The number of carbonyl (C=O) groups excluding carboxylic acids is 1. The summed E-state index contributed by atoms with van der Waals surface area (Å²) < 4.78 is 26.7. The van der Waals surface area contributed by atoms with Crippen LogP contribution in [0.2, 0.25) is 0 Å². The Morgan fingerprint density at radius 1 is 0.800 bits per heavy atom. The first kappa shape index (κ1) is 26.2. The third-order valence-corrected chi connectivity index (χ3v) is 7.15. The van der Waals surface area contributed by atoms with E-state index < -0.39 is 16.6 Å².